The van der Waals surface area contributed by atoms with E-state index in [0.717, 1.165) is 23.3 Å². The molecule has 1 N–H and O–H groups in total. The zero-order valence-corrected chi connectivity index (χ0v) is 16.4. The minimum Gasteiger partial charge on any atom is -0.472 e. The molecule has 0 aliphatic rings. The van der Waals surface area contributed by atoms with Gasteiger partial charge in [0.1, 0.15) is 0 Å². The van der Waals surface area contributed by atoms with E-state index in [1.807, 2.05) is 6.92 Å². The van der Waals surface area contributed by atoms with E-state index >= 15 is 0 Å². The molecule has 0 fully saturated rings. The van der Waals surface area contributed by atoms with Gasteiger partial charge in [-0.05, 0) is 47.6 Å². The highest BCUT2D eigenvalue weighted by Gasteiger charge is 2.17. The predicted molar refractivity (Wildman–Crippen MR) is 102 cm³/mol. The van der Waals surface area contributed by atoms with Crippen molar-refractivity contribution in [3.05, 3.63) is 47.8 Å². The van der Waals surface area contributed by atoms with E-state index in [2.05, 4.69) is 20.5 Å². The molecule has 0 radical (unpaired) electrons. The van der Waals surface area contributed by atoms with Crippen LogP contribution in [0.5, 0.6) is 5.19 Å². The van der Waals surface area contributed by atoms with E-state index in [1.54, 1.807) is 18.2 Å². The smallest absolute Gasteiger partial charge is 0.295 e. The third-order valence-electron chi connectivity index (χ3n) is 3.68. The van der Waals surface area contributed by atoms with Crippen LogP contribution in [0.25, 0.3) is 11.1 Å². The van der Waals surface area contributed by atoms with Crippen molar-refractivity contribution in [2.75, 3.05) is 18.7 Å². The Morgan fingerprint density at radius 1 is 1.19 bits per heavy atom. The lowest BCUT2D eigenvalue weighted by Gasteiger charge is -2.10. The molecule has 0 unspecified atom stereocenters. The van der Waals surface area contributed by atoms with Crippen LogP contribution in [0.3, 0.4) is 0 Å². The van der Waals surface area contributed by atoms with Gasteiger partial charge in [-0.3, -0.25) is 15.1 Å². The van der Waals surface area contributed by atoms with Crippen molar-refractivity contribution in [3.8, 4) is 16.3 Å². The van der Waals surface area contributed by atoms with Gasteiger partial charge >= 0.3 is 0 Å². The summed E-state index contributed by atoms with van der Waals surface area (Å²) in [7, 11) is -1.83. The number of nitrogens with zero attached hydrogens (tertiary/aromatic N) is 3. The molecule has 0 aliphatic heterocycles. The van der Waals surface area contributed by atoms with Crippen LogP contribution in [0.4, 0.5) is 5.13 Å². The summed E-state index contributed by atoms with van der Waals surface area (Å²) in [5, 5.41) is 10.9. The molecule has 0 spiro atoms. The Bertz CT molecular complexity index is 1090. The summed E-state index contributed by atoms with van der Waals surface area (Å²) in [6, 6.07) is 8.12. The molecular weight excluding hydrogens is 388 g/mol. The fraction of sp³-hybridized carbons (Fsp3) is 0.176. The number of carbonyl (C=O) groups is 1. The van der Waals surface area contributed by atoms with E-state index in [1.165, 1.54) is 25.4 Å². The molecule has 1 amide bonds. The van der Waals surface area contributed by atoms with Crippen molar-refractivity contribution < 1.29 is 17.9 Å². The Hall–Kier alpha value is -2.85. The van der Waals surface area contributed by atoms with Crippen LogP contribution < -0.4 is 10.1 Å². The normalized spacial score (nSPS) is 11.2. The van der Waals surface area contributed by atoms with Gasteiger partial charge in [-0.25, -0.2) is 8.42 Å². The molecule has 0 aliphatic carbocycles. The first-order valence-electron chi connectivity index (χ1n) is 7.74. The number of hydrogen-bond acceptors (Lipinski definition) is 8. The number of benzene rings is 1. The summed E-state index contributed by atoms with van der Waals surface area (Å²) >= 11 is 1.10. The first-order chi connectivity index (χ1) is 12.8. The van der Waals surface area contributed by atoms with Crippen LogP contribution in [0.1, 0.15) is 16.1 Å². The van der Waals surface area contributed by atoms with Gasteiger partial charge in [-0.1, -0.05) is 17.2 Å². The minimum atomic E-state index is -3.29. The zero-order chi connectivity index (χ0) is 19.6. The number of aromatic nitrogens is 3. The van der Waals surface area contributed by atoms with Crippen molar-refractivity contribution in [1.82, 2.24) is 15.2 Å². The third kappa shape index (κ3) is 4.29. The zero-order valence-electron chi connectivity index (χ0n) is 14.8. The van der Waals surface area contributed by atoms with Crippen LogP contribution in [0.2, 0.25) is 0 Å². The largest absolute Gasteiger partial charge is 0.472 e. The fourth-order valence-corrected chi connectivity index (χ4v) is 3.55. The van der Waals surface area contributed by atoms with Gasteiger partial charge in [0, 0.05) is 18.1 Å². The molecular formula is C17H16N4O4S2. The summed E-state index contributed by atoms with van der Waals surface area (Å²) in [6.07, 6.45) is 2.62. The summed E-state index contributed by atoms with van der Waals surface area (Å²) in [6.45, 7) is 1.81. The van der Waals surface area contributed by atoms with Crippen molar-refractivity contribution in [3.63, 3.8) is 0 Å². The highest BCUT2D eigenvalue weighted by atomic mass is 32.2. The predicted octanol–water partition coefficient (Wildman–Crippen LogP) is 2.57. The van der Waals surface area contributed by atoms with Gasteiger partial charge < -0.3 is 4.74 Å². The molecule has 1 aromatic carbocycles. The number of amides is 1. The van der Waals surface area contributed by atoms with Gasteiger partial charge in [0.25, 0.3) is 11.1 Å². The van der Waals surface area contributed by atoms with E-state index in [0.29, 0.717) is 27.0 Å². The van der Waals surface area contributed by atoms with E-state index < -0.39 is 15.7 Å². The number of methoxy groups -OCH3 is 1. The average Bonchev–Trinajstić information content (AvgIpc) is 3.08. The lowest BCUT2D eigenvalue weighted by atomic mass is 10.0. The maximum Gasteiger partial charge on any atom is 0.295 e. The number of rotatable bonds is 5. The Morgan fingerprint density at radius 2 is 1.89 bits per heavy atom. The maximum absolute atomic E-state index is 12.7. The van der Waals surface area contributed by atoms with Crippen LogP contribution in [-0.4, -0.2) is 42.9 Å². The summed E-state index contributed by atoms with van der Waals surface area (Å²) in [5.74, 6) is -0.400. The Labute approximate surface area is 160 Å². The van der Waals surface area contributed by atoms with E-state index in [-0.39, 0.29) is 4.90 Å². The summed E-state index contributed by atoms with van der Waals surface area (Å²) < 4.78 is 28.2. The molecule has 2 aromatic heterocycles. The lowest BCUT2D eigenvalue weighted by Crippen LogP contribution is -2.14. The standard InChI is InChI=1S/C17H16N4O4S2/c1-10-8-13(11-4-6-12(7-5-11)27(3,23)24)14(9-18-10)15(22)19-16-20-21-17(25-2)26-16/h4-9H,1-3H3,(H,19,20,22). The third-order valence-corrected chi connectivity index (χ3v) is 5.61. The van der Waals surface area contributed by atoms with Crippen molar-refractivity contribution in [1.29, 1.82) is 0 Å². The number of hydrogen-bond donors (Lipinski definition) is 1. The molecule has 8 nitrogen and oxygen atoms in total. The van der Waals surface area contributed by atoms with E-state index in [9.17, 15) is 13.2 Å². The van der Waals surface area contributed by atoms with Gasteiger partial charge in [0.15, 0.2) is 9.84 Å². The molecule has 3 aromatic rings. The number of nitrogens with one attached hydrogen (secondary N) is 1. The summed E-state index contributed by atoms with van der Waals surface area (Å²) in [5.41, 5.74) is 2.40. The molecule has 140 valence electrons. The van der Waals surface area contributed by atoms with Gasteiger partial charge in [-0.2, -0.15) is 0 Å². The van der Waals surface area contributed by atoms with Crippen LogP contribution >= 0.6 is 11.3 Å². The first kappa shape index (κ1) is 18.9. The molecule has 0 bridgehead atoms. The topological polar surface area (TPSA) is 111 Å². The van der Waals surface area contributed by atoms with Crippen LogP contribution in [0.15, 0.2) is 41.4 Å². The summed E-state index contributed by atoms with van der Waals surface area (Å²) in [4.78, 5) is 17.1. The second kappa shape index (κ2) is 7.41. The number of aryl methyl sites for hydroxylation is 1. The SMILES string of the molecule is COc1nnc(NC(=O)c2cnc(C)cc2-c2ccc(S(C)(=O)=O)cc2)s1. The average molecular weight is 404 g/mol. The molecule has 0 saturated heterocycles. The second-order valence-electron chi connectivity index (χ2n) is 5.70. The fourth-order valence-electron chi connectivity index (χ4n) is 2.37. The number of carbonyl (C=O) groups excluding carboxylic acids is 1. The van der Waals surface area contributed by atoms with Crippen LogP contribution in [-0.2, 0) is 9.84 Å². The van der Waals surface area contributed by atoms with Gasteiger partial charge in [-0.15, -0.1) is 5.10 Å². The highest BCUT2D eigenvalue weighted by molar-refractivity contribution is 7.90. The van der Waals surface area contributed by atoms with Crippen molar-refractivity contribution in [2.45, 2.75) is 11.8 Å². The first-order valence-corrected chi connectivity index (χ1v) is 10.4. The minimum absolute atomic E-state index is 0.212. The molecule has 10 heteroatoms. The number of ether oxygens (including phenoxy) is 1. The molecule has 0 atom stereocenters. The lowest BCUT2D eigenvalue weighted by molar-refractivity contribution is 0.102. The molecule has 27 heavy (non-hydrogen) atoms. The Balaban J connectivity index is 1.96. The molecule has 0 saturated carbocycles. The molecule has 3 rings (SSSR count). The van der Waals surface area contributed by atoms with Gasteiger partial charge in [0.2, 0.25) is 5.13 Å². The number of sulfone groups is 1. The second-order valence-corrected chi connectivity index (χ2v) is 8.65. The van der Waals surface area contributed by atoms with E-state index in [4.69, 9.17) is 4.74 Å². The highest BCUT2D eigenvalue weighted by Crippen LogP contribution is 2.27. The Morgan fingerprint density at radius 3 is 2.48 bits per heavy atom. The van der Waals surface area contributed by atoms with Crippen molar-refractivity contribution in [2.24, 2.45) is 0 Å². The monoisotopic (exact) mass is 404 g/mol. The van der Waals surface area contributed by atoms with Gasteiger partial charge in [0.05, 0.1) is 17.6 Å². The quantitative estimate of drug-likeness (QED) is 0.695. The van der Waals surface area contributed by atoms with Crippen molar-refractivity contribution >= 4 is 32.2 Å². The molecule has 2 heterocycles. The maximum atomic E-state index is 12.7. The Kier molecular flexibility index (Phi) is 5.19. The number of anilines is 1. The number of pyridine rings is 1. The van der Waals surface area contributed by atoms with Crippen LogP contribution in [0, 0.1) is 6.92 Å².